The largest absolute Gasteiger partial charge is 0.311 e. The number of nitrogens with zero attached hydrogens (tertiary/aromatic N) is 2. The van der Waals surface area contributed by atoms with E-state index in [9.17, 15) is 0 Å². The first-order valence-corrected chi connectivity index (χ1v) is 24.8. The minimum atomic E-state index is 0.0480. The van der Waals surface area contributed by atoms with Crippen LogP contribution in [-0.2, 0) is 0 Å². The van der Waals surface area contributed by atoms with Crippen LogP contribution in [0.5, 0.6) is 0 Å². The van der Waals surface area contributed by atoms with Gasteiger partial charge in [-0.25, -0.2) is 0 Å². The number of fused-ring (bicyclic) bond motifs is 6. The molecule has 4 heteroatoms. The standard InChI is InChI=1S/C64H58B2N2/c1-37(2)55-47-29-31-50-58-48(56(38(3)4)62-64(50)68(46-23-15-12-16-24-46)54-28-20-18-26-52(54)66(62)60-43(9)35-40(6)36-44(60)10)30-32-49(57(47)58)63-61(55)65(59-41(7)33-39(5)34-42(59)8)51-25-17-19-27-53(51)67(63)45-21-13-11-14-22-45/h11-38H,1-10H3. The number of hydrogen-bond acceptors (Lipinski definition) is 2. The number of benzene rings is 10. The summed E-state index contributed by atoms with van der Waals surface area (Å²) in [5, 5.41) is 8.09. The fourth-order valence-electron chi connectivity index (χ4n) is 13.5. The van der Waals surface area contributed by atoms with Crippen molar-refractivity contribution in [2.45, 2.75) is 81.1 Å². The third kappa shape index (κ3) is 6.05. The van der Waals surface area contributed by atoms with Crippen molar-refractivity contribution < 1.29 is 0 Å². The summed E-state index contributed by atoms with van der Waals surface area (Å²) in [6, 6.07) is 60.4. The zero-order chi connectivity index (χ0) is 46.9. The molecule has 330 valence electrons. The Balaban J connectivity index is 1.30. The van der Waals surface area contributed by atoms with Gasteiger partial charge in [-0.2, -0.15) is 0 Å². The fourth-order valence-corrected chi connectivity index (χ4v) is 13.5. The lowest BCUT2D eigenvalue weighted by atomic mass is 9.32. The summed E-state index contributed by atoms with van der Waals surface area (Å²) >= 11 is 0. The predicted octanol–water partition coefficient (Wildman–Crippen LogP) is 13.3. The van der Waals surface area contributed by atoms with Crippen LogP contribution >= 0.6 is 0 Å². The molecule has 0 unspecified atom stereocenters. The number of hydrogen-bond donors (Lipinski definition) is 0. The quantitative estimate of drug-likeness (QED) is 0.121. The van der Waals surface area contributed by atoms with E-state index in [1.807, 2.05) is 0 Å². The Morgan fingerprint density at radius 1 is 0.353 bits per heavy atom. The van der Waals surface area contributed by atoms with Crippen LogP contribution in [0.25, 0.3) is 32.3 Å². The van der Waals surface area contributed by atoms with Crippen LogP contribution in [0, 0.1) is 41.5 Å². The lowest BCUT2D eigenvalue weighted by Crippen LogP contribution is -2.60. The predicted molar refractivity (Wildman–Crippen MR) is 298 cm³/mol. The van der Waals surface area contributed by atoms with Crippen molar-refractivity contribution in [1.82, 2.24) is 0 Å². The SMILES string of the molecule is Cc1cc(C)c(B2c3ccccc3N(c3ccccc3)c3c2c(C(C)C)c2ccc4c5c(c(C(C)C)c6ccc3c2c64)B(c2c(C)cc(C)cc2C)c2ccccc2N5c2ccccc2)c(C)c1. The first-order valence-electron chi connectivity index (χ1n) is 24.8. The Labute approximate surface area is 403 Å². The molecular weight excluding hydrogens is 818 g/mol. The van der Waals surface area contributed by atoms with Gasteiger partial charge in [0.2, 0.25) is 13.4 Å². The second-order valence-corrected chi connectivity index (χ2v) is 20.7. The Bertz CT molecular complexity index is 3370. The molecule has 0 saturated heterocycles. The van der Waals surface area contributed by atoms with E-state index < -0.39 is 0 Å². The minimum absolute atomic E-state index is 0.0480. The van der Waals surface area contributed by atoms with Crippen LogP contribution in [0.4, 0.5) is 34.1 Å². The molecule has 0 bridgehead atoms. The molecule has 0 amide bonds. The van der Waals surface area contributed by atoms with E-state index in [-0.39, 0.29) is 25.3 Å². The van der Waals surface area contributed by atoms with Crippen molar-refractivity contribution in [1.29, 1.82) is 0 Å². The fraction of sp³-hybridized carbons (Fsp3) is 0.188. The lowest BCUT2D eigenvalue weighted by molar-refractivity contribution is 0.881. The van der Waals surface area contributed by atoms with Crippen LogP contribution in [-0.4, -0.2) is 13.4 Å². The van der Waals surface area contributed by atoms with Crippen molar-refractivity contribution in [3.05, 3.63) is 202 Å². The smallest absolute Gasteiger partial charge is 0.247 e. The molecule has 0 spiro atoms. The van der Waals surface area contributed by atoms with E-state index in [1.165, 1.54) is 144 Å². The Hall–Kier alpha value is -7.03. The summed E-state index contributed by atoms with van der Waals surface area (Å²) in [6.07, 6.45) is 0. The number of rotatable bonds is 6. The van der Waals surface area contributed by atoms with E-state index in [2.05, 4.69) is 237 Å². The maximum atomic E-state index is 2.61. The van der Waals surface area contributed by atoms with Gasteiger partial charge in [0, 0.05) is 44.9 Å². The second-order valence-electron chi connectivity index (χ2n) is 20.7. The maximum Gasteiger partial charge on any atom is 0.247 e. The lowest BCUT2D eigenvalue weighted by Gasteiger charge is -2.42. The zero-order valence-corrected chi connectivity index (χ0v) is 41.2. The highest BCUT2D eigenvalue weighted by Crippen LogP contribution is 2.51. The van der Waals surface area contributed by atoms with Gasteiger partial charge >= 0.3 is 0 Å². The van der Waals surface area contributed by atoms with E-state index in [0.717, 1.165) is 0 Å². The van der Waals surface area contributed by atoms with Gasteiger partial charge in [0.1, 0.15) is 0 Å². The van der Waals surface area contributed by atoms with Gasteiger partial charge in [0.05, 0.1) is 0 Å². The molecule has 68 heavy (non-hydrogen) atoms. The van der Waals surface area contributed by atoms with Crippen LogP contribution in [0.2, 0.25) is 0 Å². The van der Waals surface area contributed by atoms with Gasteiger partial charge < -0.3 is 9.80 Å². The van der Waals surface area contributed by atoms with Gasteiger partial charge in [-0.1, -0.05) is 193 Å². The average molecular weight is 877 g/mol. The third-order valence-electron chi connectivity index (χ3n) is 15.6. The van der Waals surface area contributed by atoms with Gasteiger partial charge in [-0.3, -0.25) is 0 Å². The number of para-hydroxylation sites is 4. The van der Waals surface area contributed by atoms with Crippen molar-refractivity contribution >= 4 is 113 Å². The molecule has 0 N–H and O–H groups in total. The molecule has 0 fully saturated rings. The molecule has 10 aromatic rings. The van der Waals surface area contributed by atoms with Gasteiger partial charge in [-0.05, 0) is 144 Å². The Kier molecular flexibility index (Phi) is 9.82. The number of aryl methyl sites for hydroxylation is 6. The highest BCUT2D eigenvalue weighted by Gasteiger charge is 2.44. The van der Waals surface area contributed by atoms with Gasteiger partial charge in [-0.15, -0.1) is 0 Å². The molecule has 2 nitrogen and oxygen atoms in total. The first-order chi connectivity index (χ1) is 32.9. The molecule has 0 saturated carbocycles. The van der Waals surface area contributed by atoms with Crippen molar-refractivity contribution in [3.8, 4) is 0 Å². The van der Waals surface area contributed by atoms with Gasteiger partial charge in [0.25, 0.3) is 0 Å². The monoisotopic (exact) mass is 876 g/mol. The highest BCUT2D eigenvalue weighted by atomic mass is 15.2. The summed E-state index contributed by atoms with van der Waals surface area (Å²) in [7, 11) is 0. The van der Waals surface area contributed by atoms with Crippen LogP contribution in [0.15, 0.2) is 158 Å². The Morgan fingerprint density at radius 2 is 0.676 bits per heavy atom. The normalized spacial score (nSPS) is 13.3. The molecule has 0 atom stereocenters. The summed E-state index contributed by atoms with van der Waals surface area (Å²) in [5.41, 5.74) is 26.8. The molecule has 0 aliphatic carbocycles. The van der Waals surface area contributed by atoms with E-state index >= 15 is 0 Å². The van der Waals surface area contributed by atoms with E-state index in [4.69, 9.17) is 0 Å². The molecule has 0 radical (unpaired) electrons. The van der Waals surface area contributed by atoms with E-state index in [1.54, 1.807) is 0 Å². The zero-order valence-electron chi connectivity index (χ0n) is 41.2. The summed E-state index contributed by atoms with van der Waals surface area (Å²) in [6.45, 7) is 23.6. The average Bonchev–Trinajstić information content (AvgIpc) is 3.32. The van der Waals surface area contributed by atoms with Crippen LogP contribution < -0.4 is 42.6 Å². The van der Waals surface area contributed by atoms with E-state index in [0.29, 0.717) is 0 Å². The summed E-state index contributed by atoms with van der Waals surface area (Å²) < 4.78 is 0. The maximum absolute atomic E-state index is 2.61. The molecule has 12 rings (SSSR count). The van der Waals surface area contributed by atoms with Crippen molar-refractivity contribution in [3.63, 3.8) is 0 Å². The molecule has 2 heterocycles. The van der Waals surface area contributed by atoms with Crippen molar-refractivity contribution in [2.24, 2.45) is 0 Å². The molecule has 10 aromatic carbocycles. The third-order valence-corrected chi connectivity index (χ3v) is 15.6. The Morgan fingerprint density at radius 3 is 1.03 bits per heavy atom. The molecule has 2 aliphatic heterocycles. The van der Waals surface area contributed by atoms with Crippen LogP contribution in [0.3, 0.4) is 0 Å². The molecular formula is C64H58B2N2. The highest BCUT2D eigenvalue weighted by molar-refractivity contribution is 7.00. The van der Waals surface area contributed by atoms with Crippen molar-refractivity contribution in [2.75, 3.05) is 9.80 Å². The first kappa shape index (κ1) is 42.3. The summed E-state index contributed by atoms with van der Waals surface area (Å²) in [4.78, 5) is 5.23. The molecule has 2 aliphatic rings. The van der Waals surface area contributed by atoms with Crippen LogP contribution in [0.1, 0.15) is 84.0 Å². The topological polar surface area (TPSA) is 6.48 Å². The minimum Gasteiger partial charge on any atom is -0.311 e. The summed E-state index contributed by atoms with van der Waals surface area (Å²) in [5.74, 6) is 0.487. The molecule has 0 aromatic heterocycles. The number of anilines is 6. The van der Waals surface area contributed by atoms with Gasteiger partial charge in [0.15, 0.2) is 0 Å². The second kappa shape index (κ2) is 15.8.